The summed E-state index contributed by atoms with van der Waals surface area (Å²) in [6.45, 7) is 2.76. The van der Waals surface area contributed by atoms with Gasteiger partial charge in [-0.2, -0.15) is 0 Å². The van der Waals surface area contributed by atoms with Gasteiger partial charge < -0.3 is 9.64 Å². The Morgan fingerprint density at radius 2 is 2.17 bits per heavy atom. The minimum absolute atomic E-state index is 0.0781. The van der Waals surface area contributed by atoms with Crippen LogP contribution in [0, 0.1) is 0 Å². The van der Waals surface area contributed by atoms with Crippen molar-refractivity contribution in [1.82, 2.24) is 9.91 Å². The molecule has 5 nitrogen and oxygen atoms in total. The number of nitrogens with zero attached hydrogens (tertiary/aromatic N) is 2. The van der Waals surface area contributed by atoms with Crippen molar-refractivity contribution >= 4 is 6.03 Å². The summed E-state index contributed by atoms with van der Waals surface area (Å²) in [6.07, 6.45) is 0.928. The van der Waals surface area contributed by atoms with E-state index >= 15 is 0 Å². The molecule has 1 unspecified atom stereocenters. The fourth-order valence-corrected chi connectivity index (χ4v) is 2.62. The summed E-state index contributed by atoms with van der Waals surface area (Å²) in [5.74, 6) is 6.85. The van der Waals surface area contributed by atoms with Gasteiger partial charge in [-0.3, -0.25) is 5.01 Å². The van der Waals surface area contributed by atoms with Crippen LogP contribution in [0.25, 0.3) is 0 Å². The monoisotopic (exact) mass is 247 g/mol. The Hall–Kier alpha value is -1.75. The van der Waals surface area contributed by atoms with Gasteiger partial charge in [0.15, 0.2) is 0 Å². The molecule has 3 rings (SSSR count). The number of ether oxygens (including phenoxy) is 1. The van der Waals surface area contributed by atoms with Crippen molar-refractivity contribution in [3.8, 4) is 5.75 Å². The summed E-state index contributed by atoms with van der Waals surface area (Å²) in [5, 5.41) is 1.30. The van der Waals surface area contributed by atoms with E-state index in [-0.39, 0.29) is 11.9 Å². The number of urea groups is 1. The third-order valence-electron chi connectivity index (χ3n) is 3.58. The minimum atomic E-state index is -0.0781. The molecule has 1 aromatic carbocycles. The van der Waals surface area contributed by atoms with E-state index in [2.05, 4.69) is 6.07 Å². The lowest BCUT2D eigenvalue weighted by Crippen LogP contribution is -2.53. The molecular formula is C13H17N3O2. The van der Waals surface area contributed by atoms with Gasteiger partial charge in [0.25, 0.3) is 0 Å². The summed E-state index contributed by atoms with van der Waals surface area (Å²) >= 11 is 0. The van der Waals surface area contributed by atoms with Gasteiger partial charge >= 0.3 is 6.03 Å². The van der Waals surface area contributed by atoms with Crippen molar-refractivity contribution in [3.05, 3.63) is 29.8 Å². The number of rotatable bonds is 2. The van der Waals surface area contributed by atoms with Crippen LogP contribution in [0.4, 0.5) is 4.79 Å². The molecular weight excluding hydrogens is 230 g/mol. The third-order valence-corrected chi connectivity index (χ3v) is 3.58. The number of carbonyl (C=O) groups excluding carboxylic acids is 1. The smallest absolute Gasteiger partial charge is 0.334 e. The Kier molecular flexibility index (Phi) is 2.83. The maximum Gasteiger partial charge on any atom is 0.334 e. The molecule has 0 radical (unpaired) electrons. The topological polar surface area (TPSA) is 58.8 Å². The van der Waals surface area contributed by atoms with Crippen molar-refractivity contribution in [2.75, 3.05) is 26.2 Å². The van der Waals surface area contributed by atoms with E-state index < -0.39 is 0 Å². The molecule has 18 heavy (non-hydrogen) atoms. The number of fused-ring (bicyclic) bond motifs is 1. The van der Waals surface area contributed by atoms with E-state index in [0.717, 1.165) is 18.7 Å². The fourth-order valence-electron chi connectivity index (χ4n) is 2.62. The summed E-state index contributed by atoms with van der Waals surface area (Å²) in [4.78, 5) is 13.7. The largest absolute Gasteiger partial charge is 0.493 e. The molecule has 2 heterocycles. The van der Waals surface area contributed by atoms with Gasteiger partial charge in [0.2, 0.25) is 0 Å². The Balaban J connectivity index is 1.73. The first-order chi connectivity index (χ1) is 8.75. The van der Waals surface area contributed by atoms with E-state index in [1.54, 1.807) is 0 Å². The zero-order chi connectivity index (χ0) is 12.5. The highest BCUT2D eigenvalue weighted by atomic mass is 16.5. The maximum atomic E-state index is 11.9. The maximum absolute atomic E-state index is 11.9. The molecule has 0 bridgehead atoms. The second-order valence-corrected chi connectivity index (χ2v) is 4.82. The number of amides is 2. The van der Waals surface area contributed by atoms with Crippen molar-refractivity contribution in [2.24, 2.45) is 5.84 Å². The van der Waals surface area contributed by atoms with Crippen molar-refractivity contribution in [3.63, 3.8) is 0 Å². The van der Waals surface area contributed by atoms with Crippen LogP contribution in [-0.2, 0) is 0 Å². The Morgan fingerprint density at radius 3 is 3.06 bits per heavy atom. The first kappa shape index (κ1) is 11.3. The molecule has 0 saturated carbocycles. The highest BCUT2D eigenvalue weighted by Gasteiger charge is 2.30. The van der Waals surface area contributed by atoms with Crippen LogP contribution in [0.2, 0.25) is 0 Å². The SMILES string of the molecule is NN1CCCN(CC2COc3ccccc32)C1=O. The molecule has 1 aromatic rings. The highest BCUT2D eigenvalue weighted by Crippen LogP contribution is 2.34. The standard InChI is InChI=1S/C13H17N3O2/c14-16-7-3-6-15(13(16)17)8-10-9-18-12-5-2-1-4-11(10)12/h1-2,4-5,10H,3,6-9,14H2. The number of hydrazine groups is 1. The van der Waals surface area contributed by atoms with Gasteiger partial charge in [-0.1, -0.05) is 18.2 Å². The number of hydrogen-bond acceptors (Lipinski definition) is 3. The molecule has 0 aliphatic carbocycles. The van der Waals surface area contributed by atoms with Crippen molar-refractivity contribution in [1.29, 1.82) is 0 Å². The molecule has 2 aliphatic heterocycles. The van der Waals surface area contributed by atoms with Crippen molar-refractivity contribution in [2.45, 2.75) is 12.3 Å². The van der Waals surface area contributed by atoms with Crippen LogP contribution in [0.1, 0.15) is 17.9 Å². The quantitative estimate of drug-likeness (QED) is 0.630. The molecule has 1 saturated heterocycles. The second-order valence-electron chi connectivity index (χ2n) is 4.82. The normalized spacial score (nSPS) is 22.9. The van der Waals surface area contributed by atoms with Crippen LogP contribution >= 0.6 is 0 Å². The lowest BCUT2D eigenvalue weighted by atomic mass is 10.0. The predicted octanol–water partition coefficient (Wildman–Crippen LogP) is 1.16. The predicted molar refractivity (Wildman–Crippen MR) is 67.2 cm³/mol. The lowest BCUT2D eigenvalue weighted by molar-refractivity contribution is 0.125. The molecule has 2 N–H and O–H groups in total. The summed E-state index contributed by atoms with van der Waals surface area (Å²) in [7, 11) is 0. The van der Waals surface area contributed by atoms with Gasteiger partial charge in [0.1, 0.15) is 5.75 Å². The van der Waals surface area contributed by atoms with Crippen LogP contribution in [-0.4, -0.2) is 42.2 Å². The third kappa shape index (κ3) is 1.90. The van der Waals surface area contributed by atoms with Gasteiger partial charge in [0, 0.05) is 31.1 Å². The molecule has 2 amide bonds. The Bertz CT molecular complexity index is 463. The summed E-state index contributed by atoms with van der Waals surface area (Å²) < 4.78 is 5.63. The zero-order valence-corrected chi connectivity index (χ0v) is 10.2. The van der Waals surface area contributed by atoms with E-state index in [0.29, 0.717) is 19.7 Å². The molecule has 5 heteroatoms. The van der Waals surface area contributed by atoms with Crippen molar-refractivity contribution < 1.29 is 9.53 Å². The minimum Gasteiger partial charge on any atom is -0.493 e. The second kappa shape index (κ2) is 4.49. The van der Waals surface area contributed by atoms with Gasteiger partial charge in [-0.05, 0) is 12.5 Å². The lowest BCUT2D eigenvalue weighted by Gasteiger charge is -2.34. The van der Waals surface area contributed by atoms with E-state index in [1.165, 1.54) is 10.6 Å². The average molecular weight is 247 g/mol. The molecule has 2 aliphatic rings. The number of para-hydroxylation sites is 1. The van der Waals surface area contributed by atoms with Crippen LogP contribution in [0.3, 0.4) is 0 Å². The first-order valence-electron chi connectivity index (χ1n) is 6.28. The molecule has 1 atom stereocenters. The van der Waals surface area contributed by atoms with Crippen LogP contribution < -0.4 is 10.6 Å². The fraction of sp³-hybridized carbons (Fsp3) is 0.462. The number of hydrogen-bond donors (Lipinski definition) is 1. The number of benzene rings is 1. The van der Waals surface area contributed by atoms with Gasteiger partial charge in [-0.25, -0.2) is 10.6 Å². The summed E-state index contributed by atoms with van der Waals surface area (Å²) in [5.41, 5.74) is 1.19. The first-order valence-corrected chi connectivity index (χ1v) is 6.28. The zero-order valence-electron chi connectivity index (χ0n) is 10.2. The summed E-state index contributed by atoms with van der Waals surface area (Å²) in [6, 6.07) is 7.94. The molecule has 0 spiro atoms. The number of carbonyl (C=O) groups is 1. The Morgan fingerprint density at radius 1 is 1.33 bits per heavy atom. The highest BCUT2D eigenvalue weighted by molar-refractivity contribution is 5.74. The molecule has 96 valence electrons. The van der Waals surface area contributed by atoms with E-state index in [1.807, 2.05) is 23.1 Å². The van der Waals surface area contributed by atoms with E-state index in [4.69, 9.17) is 10.6 Å². The van der Waals surface area contributed by atoms with Crippen LogP contribution in [0.15, 0.2) is 24.3 Å². The Labute approximate surface area is 106 Å². The molecule has 1 fully saturated rings. The molecule has 0 aromatic heterocycles. The van der Waals surface area contributed by atoms with Gasteiger partial charge in [-0.15, -0.1) is 0 Å². The van der Waals surface area contributed by atoms with Crippen LogP contribution in [0.5, 0.6) is 5.75 Å². The van der Waals surface area contributed by atoms with Gasteiger partial charge in [0.05, 0.1) is 6.61 Å². The number of nitrogens with two attached hydrogens (primary N) is 1. The van der Waals surface area contributed by atoms with E-state index in [9.17, 15) is 4.79 Å². The average Bonchev–Trinajstić information content (AvgIpc) is 2.79.